The second kappa shape index (κ2) is 11.0. The van der Waals surface area contributed by atoms with Gasteiger partial charge in [-0.25, -0.2) is 0 Å². The zero-order valence-electron chi connectivity index (χ0n) is 18.1. The van der Waals surface area contributed by atoms with Crippen LogP contribution in [0.25, 0.3) is 10.9 Å². The minimum absolute atomic E-state index is 0.166. The lowest BCUT2D eigenvalue weighted by Crippen LogP contribution is -2.23. The van der Waals surface area contributed by atoms with E-state index in [9.17, 15) is 9.59 Å². The molecule has 0 atom stereocenters. The van der Waals surface area contributed by atoms with Gasteiger partial charge in [-0.05, 0) is 67.4 Å². The number of unbranched alkanes of at least 4 members (excludes halogenated alkanes) is 2. The first kappa shape index (κ1) is 22.9. The van der Waals surface area contributed by atoms with Gasteiger partial charge in [-0.15, -0.1) is 0 Å². The number of H-pyrrole nitrogens is 1. The summed E-state index contributed by atoms with van der Waals surface area (Å²) in [5.74, 6) is -0.232. The van der Waals surface area contributed by atoms with E-state index in [1.807, 2.05) is 12.1 Å². The first-order chi connectivity index (χ1) is 15.0. The van der Waals surface area contributed by atoms with Crippen LogP contribution in [0.4, 0.5) is 5.69 Å². The molecule has 0 aliphatic rings. The van der Waals surface area contributed by atoms with Crippen LogP contribution in [-0.4, -0.2) is 29.2 Å². The van der Waals surface area contributed by atoms with Crippen LogP contribution >= 0.6 is 12.2 Å². The molecule has 3 rings (SSSR count). The number of carbonyl (C=O) groups is 1. The number of hydrogen-bond acceptors (Lipinski definition) is 4. The van der Waals surface area contributed by atoms with Crippen LogP contribution in [0.3, 0.4) is 0 Å². The summed E-state index contributed by atoms with van der Waals surface area (Å²) in [5, 5.41) is 3.42. The molecule has 31 heavy (non-hydrogen) atoms. The number of aromatic nitrogens is 2. The van der Waals surface area contributed by atoms with Gasteiger partial charge in [0, 0.05) is 31.5 Å². The first-order valence-electron chi connectivity index (χ1n) is 10.7. The van der Waals surface area contributed by atoms with Crippen LogP contribution in [-0.2, 0) is 17.7 Å². The van der Waals surface area contributed by atoms with E-state index in [1.165, 1.54) is 29.4 Å². The Morgan fingerprint density at radius 2 is 1.90 bits per heavy atom. The van der Waals surface area contributed by atoms with Crippen molar-refractivity contribution in [3.8, 4) is 0 Å². The Kier molecular flexibility index (Phi) is 8.14. The lowest BCUT2D eigenvalue weighted by molar-refractivity contribution is 0.102. The van der Waals surface area contributed by atoms with Gasteiger partial charge in [0.05, 0.1) is 10.9 Å². The average molecular weight is 440 g/mol. The number of rotatable bonds is 10. The fourth-order valence-electron chi connectivity index (χ4n) is 3.50. The number of anilines is 1. The Morgan fingerprint density at radius 1 is 1.13 bits per heavy atom. The molecule has 7 heteroatoms. The Labute approximate surface area is 187 Å². The maximum atomic E-state index is 12.8. The molecule has 164 valence electrons. The summed E-state index contributed by atoms with van der Waals surface area (Å²) >= 11 is 5.35. The number of aryl methyl sites for hydroxylation is 1. The average Bonchev–Trinajstić information content (AvgIpc) is 2.77. The van der Waals surface area contributed by atoms with Crippen LogP contribution in [0.5, 0.6) is 0 Å². The van der Waals surface area contributed by atoms with Gasteiger partial charge < -0.3 is 15.0 Å². The van der Waals surface area contributed by atoms with Crippen molar-refractivity contribution in [2.45, 2.75) is 45.6 Å². The van der Waals surface area contributed by atoms with Gasteiger partial charge in [0.2, 0.25) is 0 Å². The molecule has 0 unspecified atom stereocenters. The molecule has 1 aromatic heterocycles. The van der Waals surface area contributed by atoms with E-state index in [-0.39, 0.29) is 11.5 Å². The summed E-state index contributed by atoms with van der Waals surface area (Å²) in [6, 6.07) is 12.9. The fourth-order valence-corrected chi connectivity index (χ4v) is 3.79. The largest absolute Gasteiger partial charge is 0.385 e. The molecule has 1 heterocycles. The van der Waals surface area contributed by atoms with E-state index in [2.05, 4.69) is 29.4 Å². The van der Waals surface area contributed by atoms with Gasteiger partial charge in [-0.2, -0.15) is 0 Å². The number of benzene rings is 2. The van der Waals surface area contributed by atoms with Gasteiger partial charge in [0.15, 0.2) is 4.77 Å². The molecule has 0 radical (unpaired) electrons. The summed E-state index contributed by atoms with van der Waals surface area (Å²) in [6.07, 6.45) is 5.34. The molecule has 3 aromatic rings. The number of methoxy groups -OCH3 is 1. The van der Waals surface area contributed by atoms with Gasteiger partial charge >= 0.3 is 0 Å². The van der Waals surface area contributed by atoms with E-state index < -0.39 is 0 Å². The Morgan fingerprint density at radius 3 is 2.61 bits per heavy atom. The normalized spacial score (nSPS) is 11.0. The Hall–Kier alpha value is -2.77. The molecule has 0 aliphatic carbocycles. The molecule has 0 aliphatic heterocycles. The van der Waals surface area contributed by atoms with Crippen LogP contribution in [0.2, 0.25) is 0 Å². The Balaban J connectivity index is 1.75. The number of hydrogen-bond donors (Lipinski definition) is 2. The highest BCUT2D eigenvalue weighted by Crippen LogP contribution is 2.16. The molecule has 2 aromatic carbocycles. The van der Waals surface area contributed by atoms with Crippen LogP contribution in [0.1, 0.15) is 48.5 Å². The van der Waals surface area contributed by atoms with Gasteiger partial charge in [0.1, 0.15) is 0 Å². The van der Waals surface area contributed by atoms with Crippen molar-refractivity contribution in [2.24, 2.45) is 0 Å². The lowest BCUT2D eigenvalue weighted by Gasteiger charge is -2.10. The quantitative estimate of drug-likeness (QED) is 0.341. The van der Waals surface area contributed by atoms with Crippen LogP contribution in [0.15, 0.2) is 47.3 Å². The highest BCUT2D eigenvalue weighted by Gasteiger charge is 2.11. The number of amides is 1. The van der Waals surface area contributed by atoms with Crippen molar-refractivity contribution in [1.82, 2.24) is 9.55 Å². The zero-order valence-corrected chi connectivity index (χ0v) is 18.9. The first-order valence-corrected chi connectivity index (χ1v) is 11.1. The molecule has 0 spiro atoms. The molecule has 0 fully saturated rings. The van der Waals surface area contributed by atoms with E-state index in [0.29, 0.717) is 40.8 Å². The summed E-state index contributed by atoms with van der Waals surface area (Å²) < 4.78 is 6.91. The number of nitrogens with zero attached hydrogens (tertiary/aromatic N) is 1. The van der Waals surface area contributed by atoms with E-state index in [0.717, 1.165) is 12.1 Å². The maximum Gasteiger partial charge on any atom is 0.262 e. The second-order valence-corrected chi connectivity index (χ2v) is 7.99. The smallest absolute Gasteiger partial charge is 0.262 e. The van der Waals surface area contributed by atoms with Crippen molar-refractivity contribution in [2.75, 3.05) is 19.0 Å². The summed E-state index contributed by atoms with van der Waals surface area (Å²) in [5.41, 5.74) is 2.86. The second-order valence-electron chi connectivity index (χ2n) is 7.60. The van der Waals surface area contributed by atoms with Crippen molar-refractivity contribution in [3.05, 3.63) is 68.7 Å². The summed E-state index contributed by atoms with van der Waals surface area (Å²) in [6.45, 7) is 3.23. The third-order valence-corrected chi connectivity index (χ3v) is 5.58. The minimum Gasteiger partial charge on any atom is -0.385 e. The number of fused-ring (bicyclic) bond motifs is 1. The van der Waals surface area contributed by atoms with Crippen LogP contribution < -0.4 is 10.9 Å². The monoisotopic (exact) mass is 439 g/mol. The summed E-state index contributed by atoms with van der Waals surface area (Å²) in [4.78, 5) is 28.6. The van der Waals surface area contributed by atoms with Crippen molar-refractivity contribution >= 4 is 34.7 Å². The molecular formula is C24H29N3O3S. The number of nitrogens with one attached hydrogen (secondary N) is 2. The van der Waals surface area contributed by atoms with E-state index in [1.54, 1.807) is 25.3 Å². The zero-order chi connectivity index (χ0) is 22.2. The highest BCUT2D eigenvalue weighted by molar-refractivity contribution is 7.71. The van der Waals surface area contributed by atoms with Gasteiger partial charge in [0.25, 0.3) is 11.5 Å². The fraction of sp³-hybridized carbons (Fsp3) is 0.375. The van der Waals surface area contributed by atoms with E-state index >= 15 is 0 Å². The standard InChI is InChI=1S/C24H29N3O3S/c1-3-4-5-7-17-8-11-19(12-9-17)25-22(28)18-10-13-20-21(16-18)26-24(31)27(23(20)29)14-6-15-30-2/h8-13,16H,3-7,14-15H2,1-2H3,(H,25,28)(H,26,31). The van der Waals surface area contributed by atoms with Gasteiger partial charge in [-0.1, -0.05) is 31.9 Å². The third-order valence-electron chi connectivity index (χ3n) is 5.26. The lowest BCUT2D eigenvalue weighted by atomic mass is 10.1. The molecule has 6 nitrogen and oxygen atoms in total. The predicted molar refractivity (Wildman–Crippen MR) is 128 cm³/mol. The predicted octanol–water partition coefficient (Wildman–Crippen LogP) is 5.08. The summed E-state index contributed by atoms with van der Waals surface area (Å²) in [7, 11) is 1.62. The third kappa shape index (κ3) is 5.89. The van der Waals surface area contributed by atoms with Crippen molar-refractivity contribution in [1.29, 1.82) is 0 Å². The maximum absolute atomic E-state index is 12.8. The molecular weight excluding hydrogens is 410 g/mol. The molecule has 2 N–H and O–H groups in total. The van der Waals surface area contributed by atoms with Crippen molar-refractivity contribution in [3.63, 3.8) is 0 Å². The molecule has 0 saturated carbocycles. The van der Waals surface area contributed by atoms with Crippen LogP contribution in [0, 0.1) is 4.77 Å². The molecule has 0 saturated heterocycles. The van der Waals surface area contributed by atoms with E-state index in [4.69, 9.17) is 17.0 Å². The minimum atomic E-state index is -0.232. The van der Waals surface area contributed by atoms with Gasteiger partial charge in [-0.3, -0.25) is 14.2 Å². The number of carbonyl (C=O) groups excluding carboxylic acids is 1. The number of ether oxygens (including phenoxy) is 1. The topological polar surface area (TPSA) is 76.1 Å². The molecule has 1 amide bonds. The SMILES string of the molecule is CCCCCc1ccc(NC(=O)c2ccc3c(=O)n(CCCOC)c(=S)[nH]c3c2)cc1. The van der Waals surface area contributed by atoms with Crippen molar-refractivity contribution < 1.29 is 9.53 Å². The Bertz CT molecular complexity index is 1150. The number of aromatic amines is 1. The molecule has 0 bridgehead atoms. The highest BCUT2D eigenvalue weighted by atomic mass is 32.1.